The molecule has 108 valence electrons. The number of likely N-dealkylation sites (N-methyl/N-ethyl adjacent to an activating group) is 1. The molecule has 0 saturated heterocycles. The van der Waals surface area contributed by atoms with Gasteiger partial charge in [0.25, 0.3) is 15.9 Å². The molecule has 1 atom stereocenters. The Balaban J connectivity index is 3.13. The number of nitrogens with zero attached hydrogens (tertiary/aromatic N) is 1. The van der Waals surface area contributed by atoms with E-state index in [1.165, 1.54) is 18.0 Å². The second-order valence-electron chi connectivity index (χ2n) is 4.24. The lowest BCUT2D eigenvalue weighted by Gasteiger charge is -2.23. The topological polar surface area (TPSA) is 106 Å². The molecule has 0 bridgehead atoms. The van der Waals surface area contributed by atoms with Crippen molar-refractivity contribution in [3.63, 3.8) is 0 Å². The van der Waals surface area contributed by atoms with Crippen LogP contribution in [0.15, 0.2) is 15.6 Å². The summed E-state index contributed by atoms with van der Waals surface area (Å²) in [5, 5.41) is -0.273. The van der Waals surface area contributed by atoms with E-state index >= 15 is 0 Å². The van der Waals surface area contributed by atoms with Crippen LogP contribution in [0.1, 0.15) is 23.0 Å². The Labute approximate surface area is 112 Å². The van der Waals surface area contributed by atoms with Crippen molar-refractivity contribution in [3.8, 4) is 0 Å². The van der Waals surface area contributed by atoms with Crippen molar-refractivity contribution >= 4 is 15.9 Å². The number of carbonyl (C=O) groups is 1. The Bertz CT molecular complexity index is 564. The summed E-state index contributed by atoms with van der Waals surface area (Å²) in [6, 6.07) is 1.08. The highest BCUT2D eigenvalue weighted by Crippen LogP contribution is 2.20. The number of amides is 1. The van der Waals surface area contributed by atoms with Crippen LogP contribution in [0.2, 0.25) is 0 Å². The van der Waals surface area contributed by atoms with Gasteiger partial charge in [-0.15, -0.1) is 0 Å². The van der Waals surface area contributed by atoms with Crippen molar-refractivity contribution < 1.29 is 17.6 Å². The lowest BCUT2D eigenvalue weighted by atomic mass is 10.2. The van der Waals surface area contributed by atoms with Crippen molar-refractivity contribution in [1.29, 1.82) is 0 Å². The molecule has 1 aromatic heterocycles. The van der Waals surface area contributed by atoms with Crippen LogP contribution in [0.3, 0.4) is 0 Å². The highest BCUT2D eigenvalue weighted by molar-refractivity contribution is 7.89. The van der Waals surface area contributed by atoms with E-state index in [-0.39, 0.29) is 28.4 Å². The first-order chi connectivity index (χ1) is 8.74. The molecule has 0 radical (unpaired) electrons. The molecule has 0 fully saturated rings. The molecule has 1 amide bonds. The molecule has 1 rings (SSSR count). The van der Waals surface area contributed by atoms with Crippen molar-refractivity contribution in [3.05, 3.63) is 17.4 Å². The number of aryl methyl sites for hydroxylation is 1. The highest BCUT2D eigenvalue weighted by Gasteiger charge is 2.25. The van der Waals surface area contributed by atoms with Crippen LogP contribution in [0.4, 0.5) is 0 Å². The number of sulfonamides is 1. The summed E-state index contributed by atoms with van der Waals surface area (Å²) in [4.78, 5) is 13.6. The second kappa shape index (κ2) is 5.72. The van der Waals surface area contributed by atoms with Gasteiger partial charge in [-0.25, -0.2) is 13.1 Å². The maximum Gasteiger partial charge on any atom is 0.273 e. The minimum Gasteiger partial charge on any atom is -0.448 e. The van der Waals surface area contributed by atoms with Crippen molar-refractivity contribution in [2.75, 3.05) is 20.6 Å². The fourth-order valence-corrected chi connectivity index (χ4v) is 2.16. The minimum absolute atomic E-state index is 0.147. The first kappa shape index (κ1) is 15.7. The van der Waals surface area contributed by atoms with E-state index in [9.17, 15) is 13.2 Å². The molecule has 0 spiro atoms. The van der Waals surface area contributed by atoms with Crippen LogP contribution in [0.5, 0.6) is 0 Å². The van der Waals surface area contributed by atoms with Gasteiger partial charge in [-0.2, -0.15) is 0 Å². The van der Waals surface area contributed by atoms with Crippen LogP contribution in [-0.2, 0) is 10.0 Å². The van der Waals surface area contributed by atoms with Gasteiger partial charge in [0, 0.05) is 25.7 Å². The number of carbonyl (C=O) groups excluding carboxylic acids is 1. The molecule has 0 aliphatic carbocycles. The molecular weight excluding hydrogens is 270 g/mol. The third kappa shape index (κ3) is 3.14. The van der Waals surface area contributed by atoms with Gasteiger partial charge in [0.15, 0.2) is 0 Å². The van der Waals surface area contributed by atoms with E-state index < -0.39 is 10.0 Å². The molecule has 0 aliphatic rings. The predicted octanol–water partition coefficient (Wildman–Crippen LogP) is -0.0847. The van der Waals surface area contributed by atoms with E-state index in [1.807, 2.05) is 0 Å². The van der Waals surface area contributed by atoms with Gasteiger partial charge in [0.1, 0.15) is 5.76 Å². The van der Waals surface area contributed by atoms with Crippen molar-refractivity contribution in [2.24, 2.45) is 5.73 Å². The van der Waals surface area contributed by atoms with Gasteiger partial charge in [0.2, 0.25) is 5.09 Å². The Morgan fingerprint density at radius 1 is 1.58 bits per heavy atom. The standard InChI is InChI=1S/C11H19N3O4S/c1-7(6-12)14(4)11(15)9-5-10(18-8(9)2)19(16,17)13-3/h5,7,13H,6,12H2,1-4H3. The normalized spacial score (nSPS) is 13.3. The number of rotatable bonds is 5. The maximum atomic E-state index is 12.2. The maximum absolute atomic E-state index is 12.2. The fraction of sp³-hybridized carbons (Fsp3) is 0.545. The molecule has 19 heavy (non-hydrogen) atoms. The molecule has 7 nitrogen and oxygen atoms in total. The first-order valence-electron chi connectivity index (χ1n) is 5.75. The highest BCUT2D eigenvalue weighted by atomic mass is 32.2. The molecule has 1 unspecified atom stereocenters. The molecule has 1 aromatic rings. The molecular formula is C11H19N3O4S. The van der Waals surface area contributed by atoms with Crippen LogP contribution >= 0.6 is 0 Å². The summed E-state index contributed by atoms with van der Waals surface area (Å²) in [5.41, 5.74) is 5.72. The average Bonchev–Trinajstić information content (AvgIpc) is 2.78. The van der Waals surface area contributed by atoms with Gasteiger partial charge in [-0.1, -0.05) is 0 Å². The summed E-state index contributed by atoms with van der Waals surface area (Å²) < 4.78 is 30.5. The number of furan rings is 1. The SMILES string of the molecule is CNS(=O)(=O)c1cc(C(=O)N(C)C(C)CN)c(C)o1. The lowest BCUT2D eigenvalue weighted by Crippen LogP contribution is -2.39. The van der Waals surface area contributed by atoms with E-state index in [1.54, 1.807) is 20.9 Å². The second-order valence-corrected chi connectivity index (χ2v) is 6.06. The Morgan fingerprint density at radius 2 is 2.16 bits per heavy atom. The zero-order valence-electron chi connectivity index (χ0n) is 11.4. The van der Waals surface area contributed by atoms with Crippen molar-refractivity contribution in [2.45, 2.75) is 25.0 Å². The first-order valence-corrected chi connectivity index (χ1v) is 7.24. The summed E-state index contributed by atoms with van der Waals surface area (Å²) in [7, 11) is -0.812. The number of nitrogens with two attached hydrogens (primary N) is 1. The minimum atomic E-state index is -3.70. The van der Waals surface area contributed by atoms with Gasteiger partial charge < -0.3 is 15.1 Å². The number of hydrogen-bond donors (Lipinski definition) is 2. The van der Waals surface area contributed by atoms with Crippen LogP contribution < -0.4 is 10.5 Å². The van der Waals surface area contributed by atoms with Gasteiger partial charge in [-0.3, -0.25) is 4.79 Å². The molecule has 3 N–H and O–H groups in total. The molecule has 0 aromatic carbocycles. The van der Waals surface area contributed by atoms with E-state index in [4.69, 9.17) is 10.2 Å². The Kier molecular flexibility index (Phi) is 4.72. The Morgan fingerprint density at radius 3 is 2.63 bits per heavy atom. The van der Waals surface area contributed by atoms with Crippen LogP contribution in [-0.4, -0.2) is 45.9 Å². The predicted molar refractivity (Wildman–Crippen MR) is 70.3 cm³/mol. The largest absolute Gasteiger partial charge is 0.448 e. The summed E-state index contributed by atoms with van der Waals surface area (Å²) in [6.45, 7) is 3.67. The summed E-state index contributed by atoms with van der Waals surface area (Å²) in [5.74, 6) is -0.0633. The monoisotopic (exact) mass is 289 g/mol. The third-order valence-corrected chi connectivity index (χ3v) is 4.25. The fourth-order valence-electron chi connectivity index (χ4n) is 1.45. The van der Waals surface area contributed by atoms with Crippen LogP contribution in [0, 0.1) is 6.92 Å². The third-order valence-electron chi connectivity index (χ3n) is 2.98. The zero-order chi connectivity index (χ0) is 14.8. The summed E-state index contributed by atoms with van der Waals surface area (Å²) in [6.07, 6.45) is 0. The average molecular weight is 289 g/mol. The van der Waals surface area contributed by atoms with Gasteiger partial charge >= 0.3 is 0 Å². The quantitative estimate of drug-likeness (QED) is 0.788. The number of hydrogen-bond acceptors (Lipinski definition) is 5. The smallest absolute Gasteiger partial charge is 0.273 e. The van der Waals surface area contributed by atoms with Gasteiger partial charge in [-0.05, 0) is 20.9 Å². The van der Waals surface area contributed by atoms with Gasteiger partial charge in [0.05, 0.1) is 5.56 Å². The molecule has 1 heterocycles. The van der Waals surface area contributed by atoms with Crippen LogP contribution in [0.25, 0.3) is 0 Å². The van der Waals surface area contributed by atoms with Crippen molar-refractivity contribution in [1.82, 2.24) is 9.62 Å². The van der Waals surface area contributed by atoms with E-state index in [2.05, 4.69) is 4.72 Å². The zero-order valence-corrected chi connectivity index (χ0v) is 12.2. The summed E-state index contributed by atoms with van der Waals surface area (Å²) >= 11 is 0. The van der Waals surface area contributed by atoms with E-state index in [0.717, 1.165) is 0 Å². The van der Waals surface area contributed by atoms with E-state index in [0.29, 0.717) is 6.54 Å². The lowest BCUT2D eigenvalue weighted by molar-refractivity contribution is 0.0746. The molecule has 8 heteroatoms. The molecule has 0 aliphatic heterocycles. The number of nitrogens with one attached hydrogen (secondary N) is 1. The Hall–Kier alpha value is -1.38. The molecule has 0 saturated carbocycles.